The predicted octanol–water partition coefficient (Wildman–Crippen LogP) is 19.5. The summed E-state index contributed by atoms with van der Waals surface area (Å²) in [6, 6.07) is -0.806. The first-order valence-electron chi connectivity index (χ1n) is 31.0. The topological polar surface area (TPSA) is 89.8 Å². The molecular formula is C62H123NO4. The van der Waals surface area contributed by atoms with Gasteiger partial charge in [0.1, 0.15) is 6.10 Å². The fourth-order valence-electron chi connectivity index (χ4n) is 10.1. The van der Waals surface area contributed by atoms with Crippen LogP contribution in [0.25, 0.3) is 0 Å². The van der Waals surface area contributed by atoms with Gasteiger partial charge in [0.25, 0.3) is 0 Å². The zero-order chi connectivity index (χ0) is 48.6. The number of aliphatic hydroxyl groups is 3. The third-order valence-electron chi connectivity index (χ3n) is 14.9. The molecule has 0 saturated carbocycles. The molecule has 0 heterocycles. The molecule has 3 unspecified atom stereocenters. The Bertz CT molecular complexity index is 956. The minimum atomic E-state index is -1.13. The van der Waals surface area contributed by atoms with Crippen molar-refractivity contribution in [3.8, 4) is 0 Å². The fourth-order valence-corrected chi connectivity index (χ4v) is 10.1. The van der Waals surface area contributed by atoms with Gasteiger partial charge in [0.15, 0.2) is 0 Å². The Hall–Kier alpha value is -0.910. The molecule has 0 rings (SSSR count). The Morgan fingerprint density at radius 1 is 0.358 bits per heavy atom. The van der Waals surface area contributed by atoms with Crippen LogP contribution in [0.4, 0.5) is 0 Å². The Labute approximate surface area is 420 Å². The van der Waals surface area contributed by atoms with E-state index in [1.807, 2.05) is 0 Å². The fraction of sp³-hybridized carbons (Fsp3) is 0.952. The number of nitrogens with one attached hydrogen (secondary N) is 1. The second-order valence-electron chi connectivity index (χ2n) is 21.6. The molecule has 67 heavy (non-hydrogen) atoms. The summed E-state index contributed by atoms with van der Waals surface area (Å²) in [6.45, 7) is 4.21. The van der Waals surface area contributed by atoms with E-state index < -0.39 is 18.2 Å². The van der Waals surface area contributed by atoms with Gasteiger partial charge in [-0.3, -0.25) is 4.79 Å². The first-order chi connectivity index (χ1) is 33.1. The molecule has 1 amide bonds. The Kier molecular flexibility index (Phi) is 56.9. The summed E-state index contributed by atoms with van der Waals surface area (Å²) < 4.78 is 0. The molecule has 5 heteroatoms. The Morgan fingerprint density at radius 2 is 0.597 bits per heavy atom. The maximum Gasteiger partial charge on any atom is 0.220 e. The van der Waals surface area contributed by atoms with E-state index in [1.165, 1.54) is 295 Å². The second kappa shape index (κ2) is 57.7. The quantitative estimate of drug-likeness (QED) is 0.0361. The first-order valence-corrected chi connectivity index (χ1v) is 31.0. The molecule has 0 aromatic heterocycles. The number of hydrogen-bond acceptors (Lipinski definition) is 4. The number of amides is 1. The molecule has 0 aliphatic heterocycles. The van der Waals surface area contributed by atoms with Crippen molar-refractivity contribution in [2.45, 2.75) is 372 Å². The maximum atomic E-state index is 12.5. The van der Waals surface area contributed by atoms with Gasteiger partial charge < -0.3 is 20.6 Å². The zero-order valence-corrected chi connectivity index (χ0v) is 45.8. The van der Waals surface area contributed by atoms with Crippen molar-refractivity contribution in [3.05, 3.63) is 12.2 Å². The highest BCUT2D eigenvalue weighted by molar-refractivity contribution is 5.76. The van der Waals surface area contributed by atoms with Crippen molar-refractivity contribution in [1.29, 1.82) is 0 Å². The van der Waals surface area contributed by atoms with Gasteiger partial charge in [0, 0.05) is 6.42 Å². The van der Waals surface area contributed by atoms with Gasteiger partial charge in [-0.15, -0.1) is 0 Å². The van der Waals surface area contributed by atoms with E-state index in [2.05, 4.69) is 31.3 Å². The van der Waals surface area contributed by atoms with Crippen molar-refractivity contribution >= 4 is 5.91 Å². The van der Waals surface area contributed by atoms with Crippen molar-refractivity contribution in [3.63, 3.8) is 0 Å². The summed E-state index contributed by atoms with van der Waals surface area (Å²) in [5, 5.41) is 33.7. The standard InChI is InChI=1S/C62H123NO4/c1-3-5-7-9-11-13-15-17-19-20-21-22-23-24-25-26-27-28-29-30-31-32-33-34-35-36-37-38-39-40-41-42-43-45-47-49-51-53-55-57-61(66)63-59(58-64)62(67)60(65)56-54-52-50-48-46-44-18-16-14-12-10-8-6-4-2/h30-31,59-60,62,64-65,67H,3-29,32-58H2,1-2H3,(H,63,66)/b31-30-. The Balaban J connectivity index is 3.41. The molecule has 0 spiro atoms. The van der Waals surface area contributed by atoms with Crippen LogP contribution in [0.2, 0.25) is 0 Å². The number of rotatable bonds is 58. The summed E-state index contributed by atoms with van der Waals surface area (Å²) in [7, 11) is 0. The molecule has 0 aromatic carbocycles. The number of aliphatic hydroxyl groups excluding tert-OH is 3. The van der Waals surface area contributed by atoms with Gasteiger partial charge in [0.2, 0.25) is 5.91 Å². The second-order valence-corrected chi connectivity index (χ2v) is 21.6. The zero-order valence-electron chi connectivity index (χ0n) is 45.8. The van der Waals surface area contributed by atoms with Gasteiger partial charge in [-0.1, -0.05) is 321 Å². The summed E-state index contributed by atoms with van der Waals surface area (Å²) in [6.07, 6.45) is 72.7. The normalized spacial score (nSPS) is 13.2. The van der Waals surface area contributed by atoms with Crippen LogP contribution in [0.5, 0.6) is 0 Å². The van der Waals surface area contributed by atoms with Crippen LogP contribution in [0, 0.1) is 0 Å². The summed E-state index contributed by atoms with van der Waals surface area (Å²) >= 11 is 0. The van der Waals surface area contributed by atoms with E-state index in [4.69, 9.17) is 0 Å². The molecular weight excluding hydrogens is 823 g/mol. The van der Waals surface area contributed by atoms with Gasteiger partial charge in [0.05, 0.1) is 18.8 Å². The smallest absolute Gasteiger partial charge is 0.220 e. The lowest BCUT2D eigenvalue weighted by molar-refractivity contribution is -0.124. The van der Waals surface area contributed by atoms with E-state index in [1.54, 1.807) is 0 Å². The maximum absolute atomic E-state index is 12.5. The predicted molar refractivity (Wildman–Crippen MR) is 296 cm³/mol. The van der Waals surface area contributed by atoms with Gasteiger partial charge in [-0.25, -0.2) is 0 Å². The molecule has 0 aliphatic carbocycles. The molecule has 0 aliphatic rings. The van der Waals surface area contributed by atoms with Crippen LogP contribution in [-0.2, 0) is 4.79 Å². The third-order valence-corrected chi connectivity index (χ3v) is 14.9. The first kappa shape index (κ1) is 66.1. The van der Waals surface area contributed by atoms with Gasteiger partial charge >= 0.3 is 0 Å². The summed E-state index contributed by atoms with van der Waals surface area (Å²) in [5.41, 5.74) is 0. The largest absolute Gasteiger partial charge is 0.394 e. The highest BCUT2D eigenvalue weighted by Crippen LogP contribution is 2.19. The summed E-state index contributed by atoms with van der Waals surface area (Å²) in [5.74, 6) is -0.138. The third kappa shape index (κ3) is 52.7. The van der Waals surface area contributed by atoms with Crippen LogP contribution < -0.4 is 5.32 Å². The molecule has 400 valence electrons. The van der Waals surface area contributed by atoms with Crippen molar-refractivity contribution in [1.82, 2.24) is 5.32 Å². The van der Waals surface area contributed by atoms with E-state index >= 15 is 0 Å². The molecule has 5 nitrogen and oxygen atoms in total. The number of hydrogen-bond donors (Lipinski definition) is 4. The molecule has 0 radical (unpaired) electrons. The van der Waals surface area contributed by atoms with Gasteiger partial charge in [-0.2, -0.15) is 0 Å². The SMILES string of the molecule is CCCCCCCCCCCCCCCCCCCC/C=C\CCCCCCCCCCCCCCCCCCCC(=O)NC(CO)C(O)C(O)CCCCCCCCCCCCCCCC. The molecule has 0 aromatic rings. The average molecular weight is 947 g/mol. The lowest BCUT2D eigenvalue weighted by Crippen LogP contribution is -2.50. The Morgan fingerprint density at radius 3 is 0.866 bits per heavy atom. The number of allylic oxidation sites excluding steroid dienone is 2. The van der Waals surface area contributed by atoms with Crippen LogP contribution in [0.1, 0.15) is 354 Å². The number of carbonyl (C=O) groups is 1. The van der Waals surface area contributed by atoms with Crippen LogP contribution >= 0.6 is 0 Å². The average Bonchev–Trinajstić information content (AvgIpc) is 3.33. The van der Waals surface area contributed by atoms with E-state index in [0.717, 1.165) is 32.1 Å². The molecule has 3 atom stereocenters. The van der Waals surface area contributed by atoms with Crippen LogP contribution in [0.3, 0.4) is 0 Å². The number of unbranched alkanes of at least 4 members (excludes halogenated alkanes) is 48. The minimum absolute atomic E-state index is 0.138. The van der Waals surface area contributed by atoms with Gasteiger partial charge in [-0.05, 0) is 38.5 Å². The van der Waals surface area contributed by atoms with E-state index in [-0.39, 0.29) is 12.5 Å². The minimum Gasteiger partial charge on any atom is -0.394 e. The highest BCUT2D eigenvalue weighted by Gasteiger charge is 2.26. The highest BCUT2D eigenvalue weighted by atomic mass is 16.3. The molecule has 0 saturated heterocycles. The van der Waals surface area contributed by atoms with Crippen LogP contribution in [0.15, 0.2) is 12.2 Å². The van der Waals surface area contributed by atoms with E-state index in [9.17, 15) is 20.1 Å². The molecule has 0 bridgehead atoms. The number of carbonyl (C=O) groups excluding carboxylic acids is 1. The van der Waals surface area contributed by atoms with Crippen molar-refractivity contribution < 1.29 is 20.1 Å². The van der Waals surface area contributed by atoms with Crippen molar-refractivity contribution in [2.24, 2.45) is 0 Å². The lowest BCUT2D eigenvalue weighted by atomic mass is 9.99. The monoisotopic (exact) mass is 946 g/mol. The summed E-state index contributed by atoms with van der Waals surface area (Å²) in [4.78, 5) is 12.5. The van der Waals surface area contributed by atoms with Crippen molar-refractivity contribution in [2.75, 3.05) is 6.61 Å². The van der Waals surface area contributed by atoms with E-state index in [0.29, 0.717) is 12.8 Å². The molecule has 4 N–H and O–H groups in total. The lowest BCUT2D eigenvalue weighted by Gasteiger charge is -2.26. The van der Waals surface area contributed by atoms with Crippen LogP contribution in [-0.4, -0.2) is 46.1 Å². The molecule has 0 fully saturated rings.